The largest absolute Gasteiger partial charge is 0.323 e. The average molecular weight is 119 g/mol. The van der Waals surface area contributed by atoms with Crippen LogP contribution in [0.15, 0.2) is 0 Å². The summed E-state index contributed by atoms with van der Waals surface area (Å²) in [6.07, 6.45) is -2.16. The molecule has 0 aromatic carbocycles. The maximum atomic E-state index is 10.9. The van der Waals surface area contributed by atoms with Gasteiger partial charge in [-0.05, 0) is 13.3 Å². The van der Waals surface area contributed by atoms with E-state index in [9.17, 15) is 4.57 Å². The van der Waals surface area contributed by atoms with Crippen molar-refractivity contribution in [3.05, 3.63) is 0 Å². The first-order valence-electron chi connectivity index (χ1n) is 2.77. The zero-order valence-electron chi connectivity index (χ0n) is 6.30. The molecule has 0 saturated heterocycles. The minimum atomic E-state index is -2.90. The number of hydrogen-bond acceptors (Lipinski definition) is 2. The Balaban J connectivity index is 4.61. The van der Waals surface area contributed by atoms with Gasteiger partial charge in [0.15, 0.2) is 0 Å². The molecule has 0 aromatic rings. The highest BCUT2D eigenvalue weighted by Crippen LogP contribution is 2.34. The molecule has 0 saturated carbocycles. The van der Waals surface area contributed by atoms with Gasteiger partial charge in [-0.15, -0.1) is 0 Å². The van der Waals surface area contributed by atoms with Crippen LogP contribution >= 0.6 is 7.14 Å². The molecule has 0 aliphatic heterocycles. The molecule has 0 heterocycles. The lowest BCUT2D eigenvalue weighted by Crippen LogP contribution is -1.77. The molecule has 7 heavy (non-hydrogen) atoms. The summed E-state index contributed by atoms with van der Waals surface area (Å²) in [6, 6.07) is 1.35. The van der Waals surface area contributed by atoms with Crippen LogP contribution in [0.5, 0.6) is 0 Å². The van der Waals surface area contributed by atoms with Crippen LogP contribution < -0.4 is 0 Å². The smallest absolute Gasteiger partial charge is 0.0953 e. The predicted molar refractivity (Wildman–Crippen MR) is 29.9 cm³/mol. The third kappa shape index (κ3) is 5.72. The fraction of sp³-hybridized carbons (Fsp3) is 0.750. The molecular weight excluding hydrogens is 109 g/mol. The van der Waals surface area contributed by atoms with Crippen LogP contribution in [0.3, 0.4) is 0 Å². The lowest BCUT2D eigenvalue weighted by atomic mass is 10.9. The van der Waals surface area contributed by atoms with E-state index in [1.165, 1.54) is 19.4 Å². The van der Waals surface area contributed by atoms with Gasteiger partial charge in [-0.2, -0.15) is 5.26 Å². The van der Waals surface area contributed by atoms with Gasteiger partial charge in [0.2, 0.25) is 0 Å². The van der Waals surface area contributed by atoms with E-state index in [-0.39, 0.29) is 0 Å². The molecular formula is C4H8NOP. The first kappa shape index (κ1) is 3.69. The normalized spacial score (nSPS) is 16.7. The highest BCUT2D eigenvalue weighted by molar-refractivity contribution is 7.62. The summed E-state index contributed by atoms with van der Waals surface area (Å²) in [7, 11) is -2.90. The lowest BCUT2D eigenvalue weighted by Gasteiger charge is -1.93. The summed E-state index contributed by atoms with van der Waals surface area (Å²) in [6.45, 7) is 2.52. The van der Waals surface area contributed by atoms with E-state index in [1.54, 1.807) is 0 Å². The summed E-state index contributed by atoms with van der Waals surface area (Å²) < 4.78 is 24.6. The van der Waals surface area contributed by atoms with Crippen LogP contribution in [0, 0.1) is 11.3 Å². The Bertz CT molecular complexity index is 189. The maximum absolute atomic E-state index is 10.9. The molecule has 3 heteroatoms. The zero-order chi connectivity index (χ0) is 7.71. The topological polar surface area (TPSA) is 40.9 Å². The molecule has 0 aromatic heterocycles. The number of nitriles is 1. The Labute approximate surface area is 46.3 Å². The van der Waals surface area contributed by atoms with Gasteiger partial charge in [0.05, 0.1) is 22.1 Å². The molecule has 0 atom stereocenters. The Morgan fingerprint density at radius 3 is 2.43 bits per heavy atom. The van der Waals surface area contributed by atoms with Crippen molar-refractivity contribution < 1.29 is 7.31 Å². The second-order valence-electron chi connectivity index (χ2n) is 1.57. The molecule has 0 N–H and O–H groups in total. The van der Waals surface area contributed by atoms with Crippen LogP contribution in [0.25, 0.3) is 0 Å². The van der Waals surface area contributed by atoms with E-state index in [4.69, 9.17) is 8.00 Å². The van der Waals surface area contributed by atoms with Crippen molar-refractivity contribution in [1.82, 2.24) is 0 Å². The van der Waals surface area contributed by atoms with Gasteiger partial charge in [-0.25, -0.2) is 0 Å². The zero-order valence-corrected chi connectivity index (χ0v) is 5.20. The average Bonchev–Trinajstić information content (AvgIpc) is 1.64. The molecule has 0 spiro atoms. The monoisotopic (exact) mass is 119 g/mol. The van der Waals surface area contributed by atoms with Gasteiger partial charge in [-0.1, -0.05) is 0 Å². The van der Waals surface area contributed by atoms with E-state index in [0.717, 1.165) is 0 Å². The van der Waals surface area contributed by atoms with Crippen LogP contribution in [0.2, 0.25) is 0 Å². The molecule has 0 bridgehead atoms. The van der Waals surface area contributed by atoms with Crippen LogP contribution in [-0.2, 0) is 4.57 Å². The SMILES string of the molecule is [2H]C([2H])(C#N)P(C)(C)=O. The molecule has 0 amide bonds. The highest BCUT2D eigenvalue weighted by Gasteiger charge is 2.02. The number of rotatable bonds is 1. The summed E-state index contributed by atoms with van der Waals surface area (Å²) in [5.74, 6) is 0. The summed E-state index contributed by atoms with van der Waals surface area (Å²) in [4.78, 5) is 0. The fourth-order valence-corrected chi connectivity index (χ4v) is 0.361. The Hall–Kier alpha value is -0.280. The third-order valence-corrected chi connectivity index (χ3v) is 0.958. The first-order chi connectivity index (χ1) is 3.81. The third-order valence-electron chi connectivity index (χ3n) is 0.319. The second-order valence-corrected chi connectivity index (χ2v) is 4.50. The van der Waals surface area contributed by atoms with E-state index in [1.807, 2.05) is 0 Å². The van der Waals surface area contributed by atoms with Crippen molar-refractivity contribution in [2.45, 2.75) is 0 Å². The van der Waals surface area contributed by atoms with Gasteiger partial charge in [0.1, 0.15) is 0 Å². The van der Waals surface area contributed by atoms with E-state index >= 15 is 0 Å². The van der Waals surface area contributed by atoms with Gasteiger partial charge in [0, 0.05) is 0 Å². The molecule has 2 nitrogen and oxygen atoms in total. The van der Waals surface area contributed by atoms with Crippen LogP contribution in [0.1, 0.15) is 2.74 Å². The summed E-state index contributed by atoms with van der Waals surface area (Å²) in [5, 5.41) is 8.13. The molecule has 0 fully saturated rings. The second kappa shape index (κ2) is 2.14. The summed E-state index contributed by atoms with van der Waals surface area (Å²) >= 11 is 0. The molecule has 0 aliphatic rings. The quantitative estimate of drug-likeness (QED) is 0.485. The van der Waals surface area contributed by atoms with Crippen molar-refractivity contribution in [3.63, 3.8) is 0 Å². The summed E-state index contributed by atoms with van der Waals surface area (Å²) in [5.41, 5.74) is 0. The van der Waals surface area contributed by atoms with Crippen molar-refractivity contribution in [1.29, 1.82) is 5.26 Å². The van der Waals surface area contributed by atoms with Gasteiger partial charge in [-0.3, -0.25) is 0 Å². The van der Waals surface area contributed by atoms with E-state index in [2.05, 4.69) is 0 Å². The van der Waals surface area contributed by atoms with Crippen molar-refractivity contribution in [2.24, 2.45) is 0 Å². The Kier molecular flexibility index (Phi) is 1.13. The van der Waals surface area contributed by atoms with Crippen molar-refractivity contribution in [3.8, 4) is 6.07 Å². The van der Waals surface area contributed by atoms with E-state index < -0.39 is 13.3 Å². The molecule has 40 valence electrons. The molecule has 0 radical (unpaired) electrons. The predicted octanol–water partition coefficient (Wildman–Crippen LogP) is 1.13. The molecule has 0 aliphatic carbocycles. The van der Waals surface area contributed by atoms with Crippen molar-refractivity contribution >= 4 is 7.14 Å². The standard InChI is InChI=1S/C4H8NOP/c1-7(2,6)4-3-5/h4H2,1-2H3/i4D2. The van der Waals surface area contributed by atoms with E-state index in [0.29, 0.717) is 0 Å². The first-order valence-corrected chi connectivity index (χ1v) is 4.38. The minimum absolute atomic E-state index is 1.26. The van der Waals surface area contributed by atoms with Gasteiger partial charge >= 0.3 is 0 Å². The van der Waals surface area contributed by atoms with Crippen LogP contribution in [0.4, 0.5) is 0 Å². The number of nitrogens with zero attached hydrogens (tertiary/aromatic N) is 1. The lowest BCUT2D eigenvalue weighted by molar-refractivity contribution is 0.584. The molecule has 0 unspecified atom stereocenters. The fourth-order valence-electron chi connectivity index (χ4n) is 0.120. The Morgan fingerprint density at radius 2 is 2.43 bits per heavy atom. The number of hydrogen-bond donors (Lipinski definition) is 0. The highest BCUT2D eigenvalue weighted by atomic mass is 31.2. The van der Waals surface area contributed by atoms with Gasteiger partial charge in [0.25, 0.3) is 0 Å². The Morgan fingerprint density at radius 1 is 2.00 bits per heavy atom. The van der Waals surface area contributed by atoms with Gasteiger partial charge < -0.3 is 4.57 Å². The maximum Gasteiger partial charge on any atom is 0.0953 e. The minimum Gasteiger partial charge on any atom is -0.323 e. The molecule has 0 rings (SSSR count). The van der Waals surface area contributed by atoms with Crippen molar-refractivity contribution in [2.75, 3.05) is 19.4 Å². The van der Waals surface area contributed by atoms with Crippen LogP contribution in [-0.4, -0.2) is 19.4 Å².